The highest BCUT2D eigenvalue weighted by molar-refractivity contribution is 7.09. The van der Waals surface area contributed by atoms with Crippen molar-refractivity contribution in [3.8, 4) is 0 Å². The summed E-state index contributed by atoms with van der Waals surface area (Å²) in [4.78, 5) is 1.35. The molecule has 0 spiro atoms. The van der Waals surface area contributed by atoms with E-state index in [-0.39, 0.29) is 17.6 Å². The molecule has 3 heteroatoms. The van der Waals surface area contributed by atoms with E-state index in [1.165, 1.54) is 24.1 Å². The van der Waals surface area contributed by atoms with Gasteiger partial charge in [0, 0.05) is 17.0 Å². The Morgan fingerprint density at radius 3 is 2.79 bits per heavy atom. The Bertz CT molecular complexity index is 382. The lowest BCUT2D eigenvalue weighted by Gasteiger charge is -2.50. The number of thiophene rings is 1. The number of aliphatic hydroxyl groups excluding tert-OH is 1. The van der Waals surface area contributed by atoms with Gasteiger partial charge in [-0.1, -0.05) is 39.7 Å². The van der Waals surface area contributed by atoms with Gasteiger partial charge in [-0.15, -0.1) is 11.3 Å². The molecule has 1 heterocycles. The van der Waals surface area contributed by atoms with Crippen LogP contribution in [0.3, 0.4) is 0 Å². The van der Waals surface area contributed by atoms with Gasteiger partial charge in [0.25, 0.3) is 0 Å². The standard InChI is InChI=1S/C16H27NOS/c1-15(2,3)14-8-4-5-9-16(14,12-18)17-11-13-7-6-10-19-13/h6-7,10,14,17-18H,4-5,8-9,11-12H2,1-3H3. The van der Waals surface area contributed by atoms with Crippen LogP contribution in [0.1, 0.15) is 51.3 Å². The minimum atomic E-state index is -0.0967. The summed E-state index contributed by atoms with van der Waals surface area (Å²) in [5, 5.41) is 15.9. The van der Waals surface area contributed by atoms with Crippen LogP contribution in [0.15, 0.2) is 17.5 Å². The molecule has 0 aromatic carbocycles. The van der Waals surface area contributed by atoms with Gasteiger partial charge in [-0.05, 0) is 35.6 Å². The van der Waals surface area contributed by atoms with Crippen molar-refractivity contribution in [2.75, 3.05) is 6.61 Å². The average molecular weight is 281 g/mol. The Kier molecular flexibility index (Phi) is 4.70. The normalized spacial score (nSPS) is 28.5. The molecule has 0 radical (unpaired) electrons. The van der Waals surface area contributed by atoms with Crippen LogP contribution in [0.25, 0.3) is 0 Å². The fourth-order valence-electron chi connectivity index (χ4n) is 3.63. The molecule has 2 rings (SSSR count). The van der Waals surface area contributed by atoms with Crippen LogP contribution in [0.5, 0.6) is 0 Å². The van der Waals surface area contributed by atoms with Gasteiger partial charge in [-0.25, -0.2) is 0 Å². The molecular weight excluding hydrogens is 254 g/mol. The van der Waals surface area contributed by atoms with E-state index in [2.05, 4.69) is 43.6 Å². The number of hydrogen-bond acceptors (Lipinski definition) is 3. The van der Waals surface area contributed by atoms with E-state index in [1.54, 1.807) is 11.3 Å². The zero-order valence-electron chi connectivity index (χ0n) is 12.4. The molecule has 2 unspecified atom stereocenters. The van der Waals surface area contributed by atoms with Gasteiger partial charge in [-0.2, -0.15) is 0 Å². The van der Waals surface area contributed by atoms with Crippen molar-refractivity contribution in [2.24, 2.45) is 11.3 Å². The maximum absolute atomic E-state index is 10.0. The monoisotopic (exact) mass is 281 g/mol. The van der Waals surface area contributed by atoms with E-state index in [0.717, 1.165) is 13.0 Å². The maximum atomic E-state index is 10.0. The van der Waals surface area contributed by atoms with Gasteiger partial charge in [0.05, 0.1) is 6.61 Å². The van der Waals surface area contributed by atoms with Gasteiger partial charge in [0.2, 0.25) is 0 Å². The van der Waals surface area contributed by atoms with Gasteiger partial charge in [0.15, 0.2) is 0 Å². The van der Waals surface area contributed by atoms with E-state index >= 15 is 0 Å². The second kappa shape index (κ2) is 5.94. The molecule has 19 heavy (non-hydrogen) atoms. The molecule has 1 aromatic rings. The second-order valence-electron chi connectivity index (χ2n) is 6.91. The van der Waals surface area contributed by atoms with Crippen molar-refractivity contribution in [3.05, 3.63) is 22.4 Å². The Labute approximate surface area is 121 Å². The zero-order chi connectivity index (χ0) is 13.9. The number of aliphatic hydroxyl groups is 1. The highest BCUT2D eigenvalue weighted by atomic mass is 32.1. The summed E-state index contributed by atoms with van der Waals surface area (Å²) in [7, 11) is 0. The Balaban J connectivity index is 2.13. The van der Waals surface area contributed by atoms with Crippen LogP contribution in [-0.4, -0.2) is 17.3 Å². The average Bonchev–Trinajstić information content (AvgIpc) is 2.88. The van der Waals surface area contributed by atoms with Crippen molar-refractivity contribution in [1.29, 1.82) is 0 Å². The van der Waals surface area contributed by atoms with E-state index in [1.807, 2.05) is 0 Å². The minimum Gasteiger partial charge on any atom is -0.394 e. The van der Waals surface area contributed by atoms with Crippen LogP contribution >= 0.6 is 11.3 Å². The summed E-state index contributed by atoms with van der Waals surface area (Å²) in [6.07, 6.45) is 4.84. The van der Waals surface area contributed by atoms with Crippen molar-refractivity contribution in [1.82, 2.24) is 5.32 Å². The van der Waals surface area contributed by atoms with E-state index in [4.69, 9.17) is 0 Å². The van der Waals surface area contributed by atoms with Crippen LogP contribution in [0.2, 0.25) is 0 Å². The first-order valence-electron chi connectivity index (χ1n) is 7.36. The van der Waals surface area contributed by atoms with Gasteiger partial charge < -0.3 is 10.4 Å². The highest BCUT2D eigenvalue weighted by Gasteiger charge is 2.45. The van der Waals surface area contributed by atoms with Crippen LogP contribution < -0.4 is 5.32 Å². The Morgan fingerprint density at radius 2 is 2.21 bits per heavy atom. The van der Waals surface area contributed by atoms with E-state index < -0.39 is 0 Å². The molecule has 0 saturated heterocycles. The third-order valence-corrected chi connectivity index (χ3v) is 5.43. The van der Waals surface area contributed by atoms with Crippen LogP contribution in [-0.2, 0) is 6.54 Å². The van der Waals surface area contributed by atoms with Crippen molar-refractivity contribution < 1.29 is 5.11 Å². The molecule has 0 aliphatic heterocycles. The summed E-state index contributed by atoms with van der Waals surface area (Å²) in [5.74, 6) is 0.540. The predicted octanol–water partition coefficient (Wildman–Crippen LogP) is 3.81. The molecule has 0 amide bonds. The van der Waals surface area contributed by atoms with Gasteiger partial charge in [0.1, 0.15) is 0 Å². The molecule has 1 aliphatic rings. The molecule has 1 saturated carbocycles. The fourth-order valence-corrected chi connectivity index (χ4v) is 4.28. The van der Waals surface area contributed by atoms with Gasteiger partial charge in [-0.3, -0.25) is 0 Å². The van der Waals surface area contributed by atoms with Crippen molar-refractivity contribution >= 4 is 11.3 Å². The molecule has 1 fully saturated rings. The van der Waals surface area contributed by atoms with Crippen molar-refractivity contribution in [3.63, 3.8) is 0 Å². The molecule has 108 valence electrons. The summed E-state index contributed by atoms with van der Waals surface area (Å²) in [5.41, 5.74) is 0.145. The molecule has 1 aromatic heterocycles. The number of rotatable bonds is 4. The third-order valence-electron chi connectivity index (χ3n) is 4.56. The van der Waals surface area contributed by atoms with Crippen LogP contribution in [0, 0.1) is 11.3 Å². The quantitative estimate of drug-likeness (QED) is 0.879. The third kappa shape index (κ3) is 3.39. The largest absolute Gasteiger partial charge is 0.394 e. The van der Waals surface area contributed by atoms with Crippen LogP contribution in [0.4, 0.5) is 0 Å². The second-order valence-corrected chi connectivity index (χ2v) is 7.94. The molecule has 0 bridgehead atoms. The predicted molar refractivity (Wildman–Crippen MR) is 82.4 cm³/mol. The summed E-state index contributed by atoms with van der Waals surface area (Å²) >= 11 is 1.79. The topological polar surface area (TPSA) is 32.3 Å². The molecule has 2 N–H and O–H groups in total. The molecule has 2 atom stereocenters. The maximum Gasteiger partial charge on any atom is 0.0616 e. The lowest BCUT2D eigenvalue weighted by molar-refractivity contribution is 0.00665. The lowest BCUT2D eigenvalue weighted by Crippen LogP contribution is -2.58. The lowest BCUT2D eigenvalue weighted by atomic mass is 9.62. The molecular formula is C16H27NOS. The summed E-state index contributed by atoms with van der Waals surface area (Å²) in [6.45, 7) is 8.05. The van der Waals surface area contributed by atoms with E-state index in [0.29, 0.717) is 5.92 Å². The first kappa shape index (κ1) is 15.0. The smallest absolute Gasteiger partial charge is 0.0616 e. The van der Waals surface area contributed by atoms with Gasteiger partial charge >= 0.3 is 0 Å². The Morgan fingerprint density at radius 1 is 1.42 bits per heavy atom. The number of hydrogen-bond donors (Lipinski definition) is 2. The minimum absolute atomic E-state index is 0.0967. The molecule has 2 nitrogen and oxygen atoms in total. The SMILES string of the molecule is CC(C)(C)C1CCCCC1(CO)NCc1cccs1. The summed E-state index contributed by atoms with van der Waals surface area (Å²) in [6, 6.07) is 4.26. The number of nitrogens with one attached hydrogen (secondary N) is 1. The highest BCUT2D eigenvalue weighted by Crippen LogP contribution is 2.44. The molecule has 1 aliphatic carbocycles. The first-order valence-corrected chi connectivity index (χ1v) is 8.24. The summed E-state index contributed by atoms with van der Waals surface area (Å²) < 4.78 is 0. The van der Waals surface area contributed by atoms with Crippen molar-refractivity contribution in [2.45, 2.75) is 58.5 Å². The fraction of sp³-hybridized carbons (Fsp3) is 0.750. The Hall–Kier alpha value is -0.380. The zero-order valence-corrected chi connectivity index (χ0v) is 13.2. The van der Waals surface area contributed by atoms with E-state index in [9.17, 15) is 5.11 Å². The first-order chi connectivity index (χ1) is 8.98.